The van der Waals surface area contributed by atoms with Gasteiger partial charge in [-0.05, 0) is 18.2 Å². The summed E-state index contributed by atoms with van der Waals surface area (Å²) in [5, 5.41) is 11.9. The van der Waals surface area contributed by atoms with E-state index in [1.807, 2.05) is 6.07 Å². The van der Waals surface area contributed by atoms with Crippen molar-refractivity contribution < 1.29 is 23.1 Å². The van der Waals surface area contributed by atoms with Gasteiger partial charge in [0.25, 0.3) is 0 Å². The Hall–Kier alpha value is -1.12. The summed E-state index contributed by atoms with van der Waals surface area (Å²) < 4.78 is 24.4. The topological polar surface area (TPSA) is 92.7 Å². The van der Waals surface area contributed by atoms with Gasteiger partial charge in [0.2, 0.25) is 10.3 Å². The van der Waals surface area contributed by atoms with E-state index in [1.165, 1.54) is 0 Å². The molecule has 0 atom stereocenters. The highest BCUT2D eigenvalue weighted by molar-refractivity contribution is 7.71. The zero-order chi connectivity index (χ0) is 15.4. The van der Waals surface area contributed by atoms with E-state index in [0.29, 0.717) is 10.0 Å². The van der Waals surface area contributed by atoms with E-state index in [4.69, 9.17) is 28.3 Å². The number of rotatable bonds is 6. The molecule has 6 nitrogen and oxygen atoms in total. The molecule has 0 aliphatic rings. The van der Waals surface area contributed by atoms with Crippen molar-refractivity contribution >= 4 is 45.0 Å². The molecular formula is C11H13Cl2NO5S. The van der Waals surface area contributed by atoms with Crippen molar-refractivity contribution in [3.63, 3.8) is 0 Å². The minimum absolute atomic E-state index is 0.153. The molecule has 0 aromatic heterocycles. The second-order valence-electron chi connectivity index (χ2n) is 3.22. The van der Waals surface area contributed by atoms with E-state index < -0.39 is 16.3 Å². The number of ether oxygens (including phenoxy) is 1. The van der Waals surface area contributed by atoms with Crippen LogP contribution in [0.4, 0.5) is 0 Å². The molecule has 20 heavy (non-hydrogen) atoms. The molecule has 0 bridgehead atoms. The van der Waals surface area contributed by atoms with Gasteiger partial charge in [-0.15, -0.1) is 0 Å². The summed E-state index contributed by atoms with van der Waals surface area (Å²) in [6.45, 7) is 0.0450. The van der Waals surface area contributed by atoms with Crippen LogP contribution in [0.2, 0.25) is 10.0 Å². The van der Waals surface area contributed by atoms with Gasteiger partial charge in [-0.2, -0.15) is 8.42 Å². The lowest BCUT2D eigenvalue weighted by Crippen LogP contribution is -2.20. The fourth-order valence-corrected chi connectivity index (χ4v) is 1.57. The number of carbonyl (C=O) groups is 1. The highest BCUT2D eigenvalue weighted by Crippen LogP contribution is 2.13. The minimum atomic E-state index is -2.24. The molecule has 112 valence electrons. The van der Waals surface area contributed by atoms with Crippen LogP contribution in [-0.4, -0.2) is 44.7 Å². The maximum Gasteiger partial charge on any atom is 0.329 e. The van der Waals surface area contributed by atoms with Crippen LogP contribution >= 0.6 is 23.2 Å². The van der Waals surface area contributed by atoms with Gasteiger partial charge in [-0.25, -0.2) is 4.79 Å². The highest BCUT2D eigenvalue weighted by Gasteiger charge is 1.93. The molecule has 0 saturated heterocycles. The summed E-state index contributed by atoms with van der Waals surface area (Å²) >= 11 is 11.1. The molecule has 0 amide bonds. The summed E-state index contributed by atoms with van der Waals surface area (Å²) in [7, 11) is -2.24. The Bertz CT molecular complexity index is 522. The van der Waals surface area contributed by atoms with Crippen LogP contribution in [0.25, 0.3) is 0 Å². The monoisotopic (exact) mass is 341 g/mol. The second-order valence-corrected chi connectivity index (χ2v) is 4.85. The minimum Gasteiger partial charge on any atom is -0.480 e. The predicted octanol–water partition coefficient (Wildman–Crippen LogP) is 1.31. The largest absolute Gasteiger partial charge is 0.480 e. The second kappa shape index (κ2) is 11.7. The van der Waals surface area contributed by atoms with E-state index in [2.05, 4.69) is 10.1 Å². The van der Waals surface area contributed by atoms with Crippen LogP contribution in [0, 0.1) is 0 Å². The first-order valence-electron chi connectivity index (χ1n) is 5.27. The van der Waals surface area contributed by atoms with Gasteiger partial charge in [0, 0.05) is 16.6 Å². The molecule has 0 saturated carbocycles. The van der Waals surface area contributed by atoms with E-state index in [1.54, 1.807) is 18.2 Å². The number of carboxylic acid groups (broad SMARTS) is 1. The Morgan fingerprint density at radius 2 is 1.95 bits per heavy atom. The molecule has 0 fully saturated rings. The molecule has 0 aliphatic heterocycles. The summed E-state index contributed by atoms with van der Waals surface area (Å²) in [5.41, 5.74) is 0.865. The Kier molecular flexibility index (Phi) is 11.0. The first-order valence-corrected chi connectivity index (χ1v) is 7.16. The average molecular weight is 342 g/mol. The molecular weight excluding hydrogens is 329 g/mol. The molecule has 0 aliphatic carbocycles. The maximum absolute atomic E-state index is 9.89. The molecule has 2 N–H and O–H groups in total. The number of aliphatic carboxylic acids is 1. The average Bonchev–Trinajstić information content (AvgIpc) is 2.33. The summed E-state index contributed by atoms with van der Waals surface area (Å²) in [6.07, 6.45) is 0. The Morgan fingerprint density at radius 3 is 2.35 bits per heavy atom. The lowest BCUT2D eigenvalue weighted by Gasteiger charge is -1.97. The Morgan fingerprint density at radius 1 is 1.35 bits per heavy atom. The van der Waals surface area contributed by atoms with Crippen molar-refractivity contribution in [1.29, 1.82) is 0 Å². The van der Waals surface area contributed by atoms with Gasteiger partial charge in [0.1, 0.15) is 6.61 Å². The van der Waals surface area contributed by atoms with Gasteiger partial charge in [0.05, 0.1) is 12.1 Å². The van der Waals surface area contributed by atoms with Gasteiger partial charge >= 0.3 is 5.97 Å². The summed E-state index contributed by atoms with van der Waals surface area (Å²) in [6, 6.07) is 7.08. The third-order valence-electron chi connectivity index (χ3n) is 1.58. The Balaban J connectivity index is 0.000000388. The van der Waals surface area contributed by atoms with Gasteiger partial charge in [0.15, 0.2) is 0 Å². The van der Waals surface area contributed by atoms with Gasteiger partial charge in [-0.3, -0.25) is 5.32 Å². The fraction of sp³-hybridized carbons (Fsp3) is 0.273. The maximum atomic E-state index is 9.89. The molecule has 1 aromatic carbocycles. The number of carboxylic acids is 1. The Labute approximate surface area is 127 Å². The number of hydrogen-bond donors (Lipinski definition) is 2. The van der Waals surface area contributed by atoms with Crippen LogP contribution in [0.1, 0.15) is 0 Å². The lowest BCUT2D eigenvalue weighted by atomic mass is 10.4. The fourth-order valence-electron chi connectivity index (χ4n) is 0.877. The quantitative estimate of drug-likeness (QED) is 0.598. The zero-order valence-electron chi connectivity index (χ0n) is 10.3. The van der Waals surface area contributed by atoms with Crippen LogP contribution in [0.15, 0.2) is 24.3 Å². The molecule has 9 heteroatoms. The van der Waals surface area contributed by atoms with Crippen molar-refractivity contribution in [2.45, 2.75) is 0 Å². The molecule has 0 spiro atoms. The SMILES string of the molecule is Clc1cccc(Cl)c1.O=C(O)COCCNC=S(=O)=O. The van der Waals surface area contributed by atoms with Gasteiger partial charge < -0.3 is 9.84 Å². The smallest absolute Gasteiger partial charge is 0.329 e. The van der Waals surface area contributed by atoms with E-state index in [-0.39, 0.29) is 19.8 Å². The molecule has 0 unspecified atom stereocenters. The van der Waals surface area contributed by atoms with E-state index >= 15 is 0 Å². The van der Waals surface area contributed by atoms with E-state index in [0.717, 1.165) is 5.49 Å². The molecule has 0 radical (unpaired) electrons. The summed E-state index contributed by atoms with van der Waals surface area (Å²) in [4.78, 5) is 9.89. The van der Waals surface area contributed by atoms with Crippen LogP contribution in [-0.2, 0) is 19.8 Å². The number of hydrogen-bond acceptors (Lipinski definition) is 4. The van der Waals surface area contributed by atoms with E-state index in [9.17, 15) is 13.2 Å². The van der Waals surface area contributed by atoms with Crippen molar-refractivity contribution in [1.82, 2.24) is 5.32 Å². The lowest BCUT2D eigenvalue weighted by molar-refractivity contribution is -0.142. The van der Waals surface area contributed by atoms with Crippen LogP contribution in [0.3, 0.4) is 0 Å². The number of halogens is 2. The van der Waals surface area contributed by atoms with Crippen molar-refractivity contribution in [2.24, 2.45) is 0 Å². The summed E-state index contributed by atoms with van der Waals surface area (Å²) in [5.74, 6) is -1.05. The van der Waals surface area contributed by atoms with Crippen LogP contribution in [0.5, 0.6) is 0 Å². The van der Waals surface area contributed by atoms with Gasteiger partial charge in [-0.1, -0.05) is 29.3 Å². The van der Waals surface area contributed by atoms with Crippen molar-refractivity contribution in [2.75, 3.05) is 19.8 Å². The van der Waals surface area contributed by atoms with Crippen molar-refractivity contribution in [3.05, 3.63) is 34.3 Å². The van der Waals surface area contributed by atoms with Crippen LogP contribution < -0.4 is 5.32 Å². The third-order valence-corrected chi connectivity index (χ3v) is 2.41. The zero-order valence-corrected chi connectivity index (χ0v) is 12.6. The first kappa shape index (κ1) is 18.9. The molecule has 0 heterocycles. The number of nitrogens with one attached hydrogen (secondary N) is 1. The molecule has 1 aromatic rings. The predicted molar refractivity (Wildman–Crippen MR) is 77.9 cm³/mol. The third kappa shape index (κ3) is 13.3. The first-order chi connectivity index (χ1) is 9.41. The standard InChI is InChI=1S/C6H4Cl2.C5H9NO5S/c7-5-2-1-3-6(8)4-5;7-5(8)3-11-2-1-6-4-12(9)10/h1-4H;4,6H,1-3H2,(H,7,8). The molecule has 1 rings (SSSR count). The highest BCUT2D eigenvalue weighted by atomic mass is 35.5. The normalized spacial score (nSPS) is 9.30. The number of benzene rings is 1. The van der Waals surface area contributed by atoms with Crippen molar-refractivity contribution in [3.8, 4) is 0 Å².